The molecule has 3 rings (SSSR count). The summed E-state index contributed by atoms with van der Waals surface area (Å²) in [6.45, 7) is 13.0. The summed E-state index contributed by atoms with van der Waals surface area (Å²) in [7, 11) is 0. The standard InChI is InChI=1S/C26H29ClF3N/c1-16-11-18(13-23-21(16)7-6-8-24(23)27)22-10-9-20(26(28,29)30)12-19(22)15-31-17(2)14-25(3,4)5/h6-12,17,31H,1,13-15H2,2-5H3. The van der Waals surface area contributed by atoms with Gasteiger partial charge in [-0.3, -0.25) is 0 Å². The first-order valence-corrected chi connectivity index (χ1v) is 10.8. The maximum atomic E-state index is 13.4. The van der Waals surface area contributed by atoms with Gasteiger partial charge < -0.3 is 5.32 Å². The molecule has 5 heteroatoms. The number of halogens is 4. The normalized spacial score (nSPS) is 15.5. The van der Waals surface area contributed by atoms with Crippen LogP contribution in [-0.2, 0) is 19.1 Å². The molecule has 2 aromatic carbocycles. The van der Waals surface area contributed by atoms with Gasteiger partial charge in [-0.15, -0.1) is 0 Å². The number of rotatable bonds is 5. The second kappa shape index (κ2) is 8.84. The second-order valence-corrected chi connectivity index (χ2v) is 9.96. The highest BCUT2D eigenvalue weighted by molar-refractivity contribution is 6.31. The van der Waals surface area contributed by atoms with Crippen molar-refractivity contribution >= 4 is 22.7 Å². The predicted molar refractivity (Wildman–Crippen MR) is 124 cm³/mol. The van der Waals surface area contributed by atoms with Gasteiger partial charge in [0.15, 0.2) is 0 Å². The molecular weight excluding hydrogens is 419 g/mol. The maximum absolute atomic E-state index is 13.4. The molecule has 0 aliphatic heterocycles. The van der Waals surface area contributed by atoms with E-state index in [9.17, 15) is 13.2 Å². The smallest absolute Gasteiger partial charge is 0.310 e. The van der Waals surface area contributed by atoms with Gasteiger partial charge in [-0.25, -0.2) is 0 Å². The van der Waals surface area contributed by atoms with Crippen LogP contribution < -0.4 is 5.32 Å². The average Bonchev–Trinajstić information content (AvgIpc) is 2.65. The minimum absolute atomic E-state index is 0.132. The molecule has 0 amide bonds. The third-order valence-electron chi connectivity index (χ3n) is 5.52. The highest BCUT2D eigenvalue weighted by Gasteiger charge is 2.31. The van der Waals surface area contributed by atoms with Gasteiger partial charge in [0.1, 0.15) is 0 Å². The van der Waals surface area contributed by atoms with Crippen molar-refractivity contribution in [2.24, 2.45) is 5.41 Å². The number of fused-ring (bicyclic) bond motifs is 1. The second-order valence-electron chi connectivity index (χ2n) is 9.55. The Labute approximate surface area is 188 Å². The van der Waals surface area contributed by atoms with Crippen LogP contribution in [0.3, 0.4) is 0 Å². The van der Waals surface area contributed by atoms with Crippen molar-refractivity contribution in [3.05, 3.63) is 81.9 Å². The van der Waals surface area contributed by atoms with Crippen molar-refractivity contribution in [2.45, 2.75) is 59.3 Å². The fraction of sp³-hybridized carbons (Fsp3) is 0.385. The lowest BCUT2D eigenvalue weighted by atomic mass is 9.84. The van der Waals surface area contributed by atoms with Crippen LogP contribution in [0, 0.1) is 5.41 Å². The molecule has 0 fully saturated rings. The summed E-state index contributed by atoms with van der Waals surface area (Å²) >= 11 is 6.42. The van der Waals surface area contributed by atoms with E-state index in [-0.39, 0.29) is 11.5 Å². The van der Waals surface area contributed by atoms with Crippen LogP contribution >= 0.6 is 11.6 Å². The van der Waals surface area contributed by atoms with Gasteiger partial charge in [-0.05, 0) is 70.4 Å². The zero-order valence-electron chi connectivity index (χ0n) is 18.5. The van der Waals surface area contributed by atoms with Crippen molar-refractivity contribution in [3.8, 4) is 0 Å². The summed E-state index contributed by atoms with van der Waals surface area (Å²) in [5.41, 5.74) is 4.63. The van der Waals surface area contributed by atoms with E-state index in [0.717, 1.165) is 40.3 Å². The topological polar surface area (TPSA) is 12.0 Å². The van der Waals surface area contributed by atoms with Gasteiger partial charge in [0.2, 0.25) is 0 Å². The summed E-state index contributed by atoms with van der Waals surface area (Å²) in [6, 6.07) is 9.86. The van der Waals surface area contributed by atoms with Crippen LogP contribution in [0.2, 0.25) is 5.02 Å². The Hall–Kier alpha value is -2.04. The van der Waals surface area contributed by atoms with Crippen LogP contribution in [0.4, 0.5) is 13.2 Å². The molecule has 1 aliphatic carbocycles. The van der Waals surface area contributed by atoms with E-state index in [1.54, 1.807) is 6.07 Å². The zero-order chi connectivity index (χ0) is 23.0. The molecular formula is C26H29ClF3N. The fourth-order valence-corrected chi connectivity index (χ4v) is 4.49. The van der Waals surface area contributed by atoms with E-state index >= 15 is 0 Å². The first-order chi connectivity index (χ1) is 14.3. The van der Waals surface area contributed by atoms with Crippen LogP contribution in [0.15, 0.2) is 49.1 Å². The summed E-state index contributed by atoms with van der Waals surface area (Å²) in [5, 5.41) is 4.06. The van der Waals surface area contributed by atoms with Crippen LogP contribution in [0.5, 0.6) is 0 Å². The molecule has 1 unspecified atom stereocenters. The van der Waals surface area contributed by atoms with E-state index < -0.39 is 11.7 Å². The molecule has 1 N–H and O–H groups in total. The molecule has 0 spiro atoms. The van der Waals surface area contributed by atoms with Crippen molar-refractivity contribution < 1.29 is 13.2 Å². The number of benzene rings is 2. The quantitative estimate of drug-likeness (QED) is 0.490. The largest absolute Gasteiger partial charge is 0.416 e. The average molecular weight is 448 g/mol. The van der Waals surface area contributed by atoms with Crippen LogP contribution in [-0.4, -0.2) is 6.04 Å². The number of hydrogen-bond donors (Lipinski definition) is 1. The third kappa shape index (κ3) is 5.81. The lowest BCUT2D eigenvalue weighted by Crippen LogP contribution is -2.30. The summed E-state index contributed by atoms with van der Waals surface area (Å²) in [6.07, 6.45) is -0.943. The van der Waals surface area contributed by atoms with Gasteiger partial charge in [-0.1, -0.05) is 63.2 Å². The number of allylic oxidation sites excluding steroid dienone is 3. The molecule has 31 heavy (non-hydrogen) atoms. The Bertz CT molecular complexity index is 1010. The van der Waals surface area contributed by atoms with Crippen molar-refractivity contribution in [1.29, 1.82) is 0 Å². The molecule has 0 bridgehead atoms. The minimum atomic E-state index is -4.38. The van der Waals surface area contributed by atoms with Gasteiger partial charge >= 0.3 is 6.18 Å². The first-order valence-electron chi connectivity index (χ1n) is 10.5. The Kier molecular flexibility index (Phi) is 6.73. The Morgan fingerprint density at radius 2 is 1.81 bits per heavy atom. The van der Waals surface area contributed by atoms with Gasteiger partial charge in [0.25, 0.3) is 0 Å². The van der Waals surface area contributed by atoms with Crippen molar-refractivity contribution in [2.75, 3.05) is 0 Å². The monoisotopic (exact) mass is 447 g/mol. The van der Waals surface area contributed by atoms with Gasteiger partial charge in [0.05, 0.1) is 5.56 Å². The fourth-order valence-electron chi connectivity index (χ4n) is 4.25. The molecule has 0 saturated heterocycles. The number of nitrogens with one attached hydrogen (secondary N) is 1. The molecule has 0 aromatic heterocycles. The molecule has 0 heterocycles. The molecule has 0 saturated carbocycles. The Morgan fingerprint density at radius 1 is 1.10 bits per heavy atom. The van der Waals surface area contributed by atoms with E-state index in [1.165, 1.54) is 6.07 Å². The highest BCUT2D eigenvalue weighted by atomic mass is 35.5. The summed E-state index contributed by atoms with van der Waals surface area (Å²) in [5.74, 6) is 0. The third-order valence-corrected chi connectivity index (χ3v) is 5.87. The van der Waals surface area contributed by atoms with E-state index in [1.807, 2.05) is 24.3 Å². The lowest BCUT2D eigenvalue weighted by Gasteiger charge is -2.26. The van der Waals surface area contributed by atoms with E-state index in [0.29, 0.717) is 23.6 Å². The summed E-state index contributed by atoms with van der Waals surface area (Å²) < 4.78 is 40.2. The number of alkyl halides is 3. The zero-order valence-corrected chi connectivity index (χ0v) is 19.2. The molecule has 2 aromatic rings. The Balaban J connectivity index is 1.96. The molecule has 1 nitrogen and oxygen atoms in total. The molecule has 1 atom stereocenters. The summed E-state index contributed by atoms with van der Waals surface area (Å²) in [4.78, 5) is 0. The van der Waals surface area contributed by atoms with Crippen LogP contribution in [0.25, 0.3) is 11.1 Å². The molecule has 0 radical (unpaired) electrons. The SMILES string of the molecule is C=C1C=C(c2ccc(C(F)(F)F)cc2CNC(C)CC(C)(C)C)Cc2c(Cl)cccc21. The van der Waals surface area contributed by atoms with Gasteiger partial charge in [-0.2, -0.15) is 13.2 Å². The van der Waals surface area contributed by atoms with Crippen molar-refractivity contribution in [3.63, 3.8) is 0 Å². The van der Waals surface area contributed by atoms with E-state index in [2.05, 4.69) is 39.6 Å². The van der Waals surface area contributed by atoms with Gasteiger partial charge in [0, 0.05) is 24.0 Å². The minimum Gasteiger partial charge on any atom is -0.310 e. The Morgan fingerprint density at radius 3 is 2.45 bits per heavy atom. The number of hydrogen-bond acceptors (Lipinski definition) is 1. The van der Waals surface area contributed by atoms with Crippen molar-refractivity contribution in [1.82, 2.24) is 5.32 Å². The van der Waals surface area contributed by atoms with Crippen LogP contribution in [0.1, 0.15) is 61.9 Å². The van der Waals surface area contributed by atoms with E-state index in [4.69, 9.17) is 11.6 Å². The lowest BCUT2D eigenvalue weighted by molar-refractivity contribution is -0.137. The predicted octanol–water partition coefficient (Wildman–Crippen LogP) is 7.93. The first kappa shape index (κ1) is 23.6. The maximum Gasteiger partial charge on any atom is 0.416 e. The highest BCUT2D eigenvalue weighted by Crippen LogP contribution is 2.39. The molecule has 1 aliphatic rings. The molecule has 166 valence electrons.